The Kier molecular flexibility index (Phi) is 5.69. The van der Waals surface area contributed by atoms with Crippen molar-refractivity contribution in [2.45, 2.75) is 38.5 Å². The second kappa shape index (κ2) is 6.55. The van der Waals surface area contributed by atoms with Gasteiger partial charge in [0, 0.05) is 31.7 Å². The third-order valence-electron chi connectivity index (χ3n) is 3.20. The molecule has 4 heteroatoms. The van der Waals surface area contributed by atoms with E-state index >= 15 is 0 Å². The molecule has 1 saturated heterocycles. The van der Waals surface area contributed by atoms with Crippen LogP contribution in [-0.2, 0) is 4.74 Å². The molecular weight excluding hydrogens is 202 g/mol. The highest BCUT2D eigenvalue weighted by Gasteiger charge is 2.24. The number of rotatable bonds is 5. The fourth-order valence-corrected chi connectivity index (χ4v) is 2.09. The van der Waals surface area contributed by atoms with E-state index in [0.29, 0.717) is 12.6 Å². The van der Waals surface area contributed by atoms with Gasteiger partial charge in [0.25, 0.3) is 0 Å². The van der Waals surface area contributed by atoms with Crippen molar-refractivity contribution in [1.29, 1.82) is 0 Å². The highest BCUT2D eigenvalue weighted by molar-refractivity contribution is 4.82. The Hall–Kier alpha value is -0.160. The maximum Gasteiger partial charge on any atom is 0.0621 e. The average molecular weight is 229 g/mol. The average Bonchev–Trinajstić information content (AvgIpc) is 2.20. The Morgan fingerprint density at radius 3 is 2.62 bits per heavy atom. The number of nitrogens with two attached hydrogens (primary N) is 1. The molecule has 0 aromatic heterocycles. The van der Waals surface area contributed by atoms with Crippen LogP contribution in [0.25, 0.3) is 0 Å². The molecule has 0 saturated carbocycles. The van der Waals surface area contributed by atoms with E-state index in [9.17, 15) is 0 Å². The van der Waals surface area contributed by atoms with Gasteiger partial charge in [0.1, 0.15) is 0 Å². The maximum atomic E-state index is 6.09. The predicted molar refractivity (Wildman–Crippen MR) is 67.6 cm³/mol. The van der Waals surface area contributed by atoms with Crippen molar-refractivity contribution < 1.29 is 4.74 Å². The quantitative estimate of drug-likeness (QED) is 0.740. The largest absolute Gasteiger partial charge is 0.377 e. The van der Waals surface area contributed by atoms with Gasteiger partial charge in [0.05, 0.1) is 12.7 Å². The van der Waals surface area contributed by atoms with Gasteiger partial charge >= 0.3 is 0 Å². The van der Waals surface area contributed by atoms with Crippen molar-refractivity contribution in [2.75, 3.05) is 40.3 Å². The van der Waals surface area contributed by atoms with Gasteiger partial charge in [0.2, 0.25) is 0 Å². The smallest absolute Gasteiger partial charge is 0.0621 e. The lowest BCUT2D eigenvalue weighted by molar-refractivity contribution is 0.0508. The molecule has 0 aromatic rings. The zero-order valence-electron chi connectivity index (χ0n) is 11.1. The van der Waals surface area contributed by atoms with Crippen LogP contribution in [0, 0.1) is 0 Å². The Labute approximate surface area is 99.7 Å². The summed E-state index contributed by atoms with van der Waals surface area (Å²) in [4.78, 5) is 4.79. The monoisotopic (exact) mass is 229 g/mol. The molecule has 1 heterocycles. The van der Waals surface area contributed by atoms with E-state index in [-0.39, 0.29) is 12.1 Å². The minimum Gasteiger partial charge on any atom is -0.377 e. The lowest BCUT2D eigenvalue weighted by atomic mass is 10.0. The summed E-state index contributed by atoms with van der Waals surface area (Å²) in [5.74, 6) is 0. The molecule has 4 nitrogen and oxygen atoms in total. The van der Waals surface area contributed by atoms with E-state index in [1.807, 2.05) is 13.8 Å². The minimum atomic E-state index is 0.154. The summed E-state index contributed by atoms with van der Waals surface area (Å²) in [6.45, 7) is 8.18. The fraction of sp³-hybridized carbons (Fsp3) is 1.00. The number of hydrogen-bond acceptors (Lipinski definition) is 4. The molecule has 2 unspecified atom stereocenters. The van der Waals surface area contributed by atoms with Crippen molar-refractivity contribution in [3.8, 4) is 0 Å². The molecule has 1 aliphatic heterocycles. The standard InChI is InChI=1S/C12H27N3O/c1-10(2)16-9-11(13)7-12-8-14(3)5-6-15(12)4/h10-12H,5-9,13H2,1-4H3. The van der Waals surface area contributed by atoms with Crippen LogP contribution in [0.5, 0.6) is 0 Å². The van der Waals surface area contributed by atoms with Gasteiger partial charge in [-0.1, -0.05) is 0 Å². The van der Waals surface area contributed by atoms with Gasteiger partial charge in [-0.05, 0) is 34.4 Å². The summed E-state index contributed by atoms with van der Waals surface area (Å²) in [6, 6.07) is 0.728. The fourth-order valence-electron chi connectivity index (χ4n) is 2.09. The molecular formula is C12H27N3O. The first-order valence-corrected chi connectivity index (χ1v) is 6.25. The van der Waals surface area contributed by atoms with Crippen LogP contribution in [0.2, 0.25) is 0 Å². The molecule has 2 atom stereocenters. The number of likely N-dealkylation sites (N-methyl/N-ethyl adjacent to an activating group) is 2. The van der Waals surface area contributed by atoms with Gasteiger partial charge < -0.3 is 20.3 Å². The van der Waals surface area contributed by atoms with Gasteiger partial charge in [-0.25, -0.2) is 0 Å². The first kappa shape index (κ1) is 13.9. The van der Waals surface area contributed by atoms with Crippen LogP contribution >= 0.6 is 0 Å². The molecule has 0 spiro atoms. The molecule has 0 aromatic carbocycles. The van der Waals surface area contributed by atoms with Gasteiger partial charge in [-0.2, -0.15) is 0 Å². The third kappa shape index (κ3) is 4.78. The normalized spacial score (nSPS) is 26.2. The molecule has 0 bridgehead atoms. The van der Waals surface area contributed by atoms with Gasteiger partial charge in [0.15, 0.2) is 0 Å². The molecule has 16 heavy (non-hydrogen) atoms. The van der Waals surface area contributed by atoms with Crippen LogP contribution < -0.4 is 5.73 Å². The molecule has 0 radical (unpaired) electrons. The number of hydrogen-bond donors (Lipinski definition) is 1. The molecule has 2 N–H and O–H groups in total. The van der Waals surface area contributed by atoms with Crippen LogP contribution in [0.1, 0.15) is 20.3 Å². The number of piperazine rings is 1. The first-order chi connectivity index (χ1) is 7.49. The van der Waals surface area contributed by atoms with Crippen molar-refractivity contribution in [2.24, 2.45) is 5.73 Å². The van der Waals surface area contributed by atoms with Gasteiger partial charge in [-0.3, -0.25) is 0 Å². The van der Waals surface area contributed by atoms with Crippen molar-refractivity contribution in [3.05, 3.63) is 0 Å². The summed E-state index contributed by atoms with van der Waals surface area (Å²) in [5, 5.41) is 0. The lowest BCUT2D eigenvalue weighted by Gasteiger charge is -2.38. The van der Waals surface area contributed by atoms with Crippen LogP contribution in [-0.4, -0.2) is 68.3 Å². The van der Waals surface area contributed by atoms with Crippen molar-refractivity contribution in [3.63, 3.8) is 0 Å². The Bertz CT molecular complexity index is 199. The minimum absolute atomic E-state index is 0.154. The van der Waals surface area contributed by atoms with Gasteiger partial charge in [-0.15, -0.1) is 0 Å². The van der Waals surface area contributed by atoms with E-state index in [0.717, 1.165) is 26.1 Å². The van der Waals surface area contributed by atoms with E-state index in [4.69, 9.17) is 10.5 Å². The summed E-state index contributed by atoms with van der Waals surface area (Å²) < 4.78 is 5.55. The summed E-state index contributed by atoms with van der Waals surface area (Å²) >= 11 is 0. The van der Waals surface area contributed by atoms with Crippen LogP contribution in [0.15, 0.2) is 0 Å². The first-order valence-electron chi connectivity index (χ1n) is 6.25. The van der Waals surface area contributed by atoms with E-state index < -0.39 is 0 Å². The second-order valence-corrected chi connectivity index (χ2v) is 5.27. The van der Waals surface area contributed by atoms with Crippen LogP contribution in [0.3, 0.4) is 0 Å². The summed E-state index contributed by atoms with van der Waals surface area (Å²) in [5.41, 5.74) is 6.09. The highest BCUT2D eigenvalue weighted by atomic mass is 16.5. The summed E-state index contributed by atoms with van der Waals surface area (Å²) in [7, 11) is 4.36. The number of nitrogens with zero attached hydrogens (tertiary/aromatic N) is 2. The molecule has 96 valence electrons. The lowest BCUT2D eigenvalue weighted by Crippen LogP contribution is -2.52. The Morgan fingerprint density at radius 2 is 2.00 bits per heavy atom. The second-order valence-electron chi connectivity index (χ2n) is 5.27. The summed E-state index contributed by atoms with van der Waals surface area (Å²) in [6.07, 6.45) is 1.30. The van der Waals surface area contributed by atoms with E-state index in [1.54, 1.807) is 0 Å². The topological polar surface area (TPSA) is 41.7 Å². The number of ether oxygens (including phenoxy) is 1. The third-order valence-corrected chi connectivity index (χ3v) is 3.20. The van der Waals surface area contributed by atoms with E-state index in [2.05, 4.69) is 23.9 Å². The zero-order valence-corrected chi connectivity index (χ0v) is 11.1. The molecule has 0 amide bonds. The zero-order chi connectivity index (χ0) is 12.1. The molecule has 1 rings (SSSR count). The SMILES string of the molecule is CC(C)OCC(N)CC1CN(C)CCN1C. The highest BCUT2D eigenvalue weighted by Crippen LogP contribution is 2.11. The maximum absolute atomic E-state index is 6.09. The molecule has 1 aliphatic rings. The van der Waals surface area contributed by atoms with Crippen molar-refractivity contribution >= 4 is 0 Å². The Morgan fingerprint density at radius 1 is 1.31 bits per heavy atom. The Balaban J connectivity index is 2.28. The van der Waals surface area contributed by atoms with Crippen LogP contribution in [0.4, 0.5) is 0 Å². The molecule has 1 fully saturated rings. The predicted octanol–water partition coefficient (Wildman–Crippen LogP) is 0.375. The molecule has 0 aliphatic carbocycles. The van der Waals surface area contributed by atoms with E-state index in [1.165, 1.54) is 0 Å². The van der Waals surface area contributed by atoms with Crippen molar-refractivity contribution in [1.82, 2.24) is 9.80 Å².